The third kappa shape index (κ3) is 2.10. The van der Waals surface area contributed by atoms with Gasteiger partial charge in [0.05, 0.1) is 12.1 Å². The average molecular weight is 220 g/mol. The maximum atomic E-state index is 6.05. The lowest BCUT2D eigenvalue weighted by molar-refractivity contribution is 0.415. The summed E-state index contributed by atoms with van der Waals surface area (Å²) in [6, 6.07) is 9.66. The highest BCUT2D eigenvalue weighted by Crippen LogP contribution is 2.28. The molecule has 0 saturated carbocycles. The van der Waals surface area contributed by atoms with Crippen LogP contribution in [-0.4, -0.2) is 12.1 Å². The topological polar surface area (TPSA) is 22.1 Å². The number of halogens is 1. The van der Waals surface area contributed by atoms with Gasteiger partial charge in [-0.05, 0) is 23.8 Å². The van der Waals surface area contributed by atoms with Crippen LogP contribution in [-0.2, 0) is 0 Å². The van der Waals surface area contributed by atoms with Crippen LogP contribution in [0.5, 0.6) is 5.75 Å². The summed E-state index contributed by atoms with van der Waals surface area (Å²) in [5.41, 5.74) is 1.99. The van der Waals surface area contributed by atoms with Gasteiger partial charge >= 0.3 is 0 Å². The molecule has 0 radical (unpaired) electrons. The van der Waals surface area contributed by atoms with Crippen LogP contribution in [0.1, 0.15) is 0 Å². The summed E-state index contributed by atoms with van der Waals surface area (Å²) in [6.07, 6.45) is 3.36. The largest absolute Gasteiger partial charge is 0.497 e. The van der Waals surface area contributed by atoms with E-state index < -0.39 is 0 Å². The van der Waals surface area contributed by atoms with Gasteiger partial charge in [0.25, 0.3) is 0 Å². The number of hydrogen-bond acceptors (Lipinski definition) is 2. The van der Waals surface area contributed by atoms with Crippen LogP contribution in [0.4, 0.5) is 0 Å². The molecule has 0 aliphatic heterocycles. The zero-order valence-electron chi connectivity index (χ0n) is 8.27. The molecule has 0 unspecified atom stereocenters. The summed E-state index contributed by atoms with van der Waals surface area (Å²) in [6.45, 7) is 0. The van der Waals surface area contributed by atoms with Gasteiger partial charge in [-0.2, -0.15) is 0 Å². The monoisotopic (exact) mass is 219 g/mol. The first-order chi connectivity index (χ1) is 7.31. The molecule has 3 heteroatoms. The maximum absolute atomic E-state index is 6.05. The SMILES string of the molecule is COc1cccc(-c2ccncc2Cl)c1. The normalized spacial score (nSPS) is 10.0. The highest BCUT2D eigenvalue weighted by Gasteiger charge is 2.03. The van der Waals surface area contributed by atoms with E-state index >= 15 is 0 Å². The fraction of sp³-hybridized carbons (Fsp3) is 0.0833. The molecule has 0 fully saturated rings. The molecule has 0 N–H and O–H groups in total. The van der Waals surface area contributed by atoms with Crippen LogP contribution in [0.3, 0.4) is 0 Å². The third-order valence-corrected chi connectivity index (χ3v) is 2.45. The Morgan fingerprint density at radius 1 is 1.27 bits per heavy atom. The van der Waals surface area contributed by atoms with Crippen molar-refractivity contribution in [2.24, 2.45) is 0 Å². The van der Waals surface area contributed by atoms with Crippen LogP contribution >= 0.6 is 11.6 Å². The Balaban J connectivity index is 2.49. The van der Waals surface area contributed by atoms with Crippen LogP contribution in [0.25, 0.3) is 11.1 Å². The summed E-state index contributed by atoms with van der Waals surface area (Å²) in [5, 5.41) is 0.644. The van der Waals surface area contributed by atoms with Gasteiger partial charge < -0.3 is 4.74 Å². The molecule has 0 spiro atoms. The Kier molecular flexibility index (Phi) is 2.88. The summed E-state index contributed by atoms with van der Waals surface area (Å²) >= 11 is 6.05. The molecule has 0 aliphatic carbocycles. The highest BCUT2D eigenvalue weighted by atomic mass is 35.5. The molecule has 0 atom stereocenters. The summed E-state index contributed by atoms with van der Waals surface area (Å²) in [4.78, 5) is 3.95. The molecule has 2 aromatic rings. The molecule has 2 rings (SSSR count). The zero-order valence-corrected chi connectivity index (χ0v) is 9.03. The van der Waals surface area contributed by atoms with Crippen LogP contribution < -0.4 is 4.74 Å². The standard InChI is InChI=1S/C12H10ClNO/c1-15-10-4-2-3-9(7-10)11-5-6-14-8-12(11)13/h2-8H,1H3. The number of aromatic nitrogens is 1. The number of nitrogens with zero attached hydrogens (tertiary/aromatic N) is 1. The van der Waals surface area contributed by atoms with Gasteiger partial charge in [-0.15, -0.1) is 0 Å². The molecule has 2 nitrogen and oxygen atoms in total. The number of ether oxygens (including phenoxy) is 1. The van der Waals surface area contributed by atoms with E-state index in [1.54, 1.807) is 19.5 Å². The second-order valence-electron chi connectivity index (χ2n) is 3.09. The number of pyridine rings is 1. The fourth-order valence-electron chi connectivity index (χ4n) is 1.40. The lowest BCUT2D eigenvalue weighted by Crippen LogP contribution is -1.84. The predicted octanol–water partition coefficient (Wildman–Crippen LogP) is 3.41. The van der Waals surface area contributed by atoms with Gasteiger partial charge in [0.15, 0.2) is 0 Å². The van der Waals surface area contributed by atoms with Crippen LogP contribution in [0, 0.1) is 0 Å². The molecule has 1 aromatic carbocycles. The first-order valence-electron chi connectivity index (χ1n) is 4.55. The van der Waals surface area contributed by atoms with Gasteiger partial charge in [-0.25, -0.2) is 0 Å². The Morgan fingerprint density at radius 2 is 2.13 bits per heavy atom. The molecule has 15 heavy (non-hydrogen) atoms. The number of rotatable bonds is 2. The van der Waals surface area contributed by atoms with E-state index in [4.69, 9.17) is 16.3 Å². The van der Waals surface area contributed by atoms with Gasteiger partial charge in [0.2, 0.25) is 0 Å². The van der Waals surface area contributed by atoms with Gasteiger partial charge in [-0.1, -0.05) is 23.7 Å². The van der Waals surface area contributed by atoms with E-state index in [-0.39, 0.29) is 0 Å². The van der Waals surface area contributed by atoms with E-state index in [0.29, 0.717) is 5.02 Å². The van der Waals surface area contributed by atoms with Crippen molar-refractivity contribution < 1.29 is 4.74 Å². The van der Waals surface area contributed by atoms with E-state index in [1.165, 1.54) is 0 Å². The predicted molar refractivity (Wildman–Crippen MR) is 61.2 cm³/mol. The molecule has 1 heterocycles. The summed E-state index contributed by atoms with van der Waals surface area (Å²) < 4.78 is 5.16. The second-order valence-corrected chi connectivity index (χ2v) is 3.49. The van der Waals surface area contributed by atoms with Crippen molar-refractivity contribution in [2.45, 2.75) is 0 Å². The van der Waals surface area contributed by atoms with Crippen molar-refractivity contribution in [2.75, 3.05) is 7.11 Å². The Morgan fingerprint density at radius 3 is 2.87 bits per heavy atom. The minimum atomic E-state index is 0.644. The maximum Gasteiger partial charge on any atom is 0.119 e. The van der Waals surface area contributed by atoms with E-state index in [1.807, 2.05) is 30.3 Å². The minimum absolute atomic E-state index is 0.644. The van der Waals surface area contributed by atoms with E-state index in [2.05, 4.69) is 4.98 Å². The summed E-state index contributed by atoms with van der Waals surface area (Å²) in [7, 11) is 1.65. The molecule has 1 aromatic heterocycles. The first kappa shape index (κ1) is 9.99. The average Bonchev–Trinajstić information content (AvgIpc) is 2.30. The first-order valence-corrected chi connectivity index (χ1v) is 4.93. The van der Waals surface area contributed by atoms with Crippen molar-refractivity contribution >= 4 is 11.6 Å². The van der Waals surface area contributed by atoms with Crippen LogP contribution in [0.15, 0.2) is 42.7 Å². The van der Waals surface area contributed by atoms with Gasteiger partial charge in [-0.3, -0.25) is 4.98 Å². The van der Waals surface area contributed by atoms with Gasteiger partial charge in [0, 0.05) is 18.0 Å². The molecule has 0 saturated heterocycles. The van der Waals surface area contributed by atoms with Crippen molar-refractivity contribution in [1.29, 1.82) is 0 Å². The summed E-state index contributed by atoms with van der Waals surface area (Å²) in [5.74, 6) is 0.820. The van der Waals surface area contributed by atoms with E-state index in [9.17, 15) is 0 Å². The molecular formula is C12H10ClNO. The lowest BCUT2D eigenvalue weighted by Gasteiger charge is -2.05. The third-order valence-electron chi connectivity index (χ3n) is 2.15. The molecule has 0 amide bonds. The van der Waals surface area contributed by atoms with Gasteiger partial charge in [0.1, 0.15) is 5.75 Å². The number of hydrogen-bond donors (Lipinski definition) is 0. The second kappa shape index (κ2) is 4.32. The molecule has 0 aliphatic rings. The highest BCUT2D eigenvalue weighted by molar-refractivity contribution is 6.33. The van der Waals surface area contributed by atoms with E-state index in [0.717, 1.165) is 16.9 Å². The molecule has 76 valence electrons. The van der Waals surface area contributed by atoms with Crippen molar-refractivity contribution in [1.82, 2.24) is 4.98 Å². The lowest BCUT2D eigenvalue weighted by atomic mass is 10.1. The Labute approximate surface area is 93.5 Å². The van der Waals surface area contributed by atoms with Crippen molar-refractivity contribution in [3.8, 4) is 16.9 Å². The quantitative estimate of drug-likeness (QED) is 0.772. The number of methoxy groups -OCH3 is 1. The fourth-order valence-corrected chi connectivity index (χ4v) is 1.63. The smallest absolute Gasteiger partial charge is 0.119 e. The van der Waals surface area contributed by atoms with Crippen LogP contribution in [0.2, 0.25) is 5.02 Å². The Bertz CT molecular complexity index is 471. The van der Waals surface area contributed by atoms with Crippen molar-refractivity contribution in [3.63, 3.8) is 0 Å². The minimum Gasteiger partial charge on any atom is -0.497 e. The zero-order chi connectivity index (χ0) is 10.7. The molecule has 0 bridgehead atoms. The molecular weight excluding hydrogens is 210 g/mol. The number of benzene rings is 1. The Hall–Kier alpha value is -1.54. The van der Waals surface area contributed by atoms with Crippen molar-refractivity contribution in [3.05, 3.63) is 47.7 Å².